The molecule has 2 nitrogen and oxygen atoms in total. The molecule has 0 aliphatic heterocycles. The lowest BCUT2D eigenvalue weighted by atomic mass is 10.1. The van der Waals surface area contributed by atoms with E-state index < -0.39 is 0 Å². The lowest BCUT2D eigenvalue weighted by molar-refractivity contribution is 0.363. The summed E-state index contributed by atoms with van der Waals surface area (Å²) < 4.78 is 5.47. The van der Waals surface area contributed by atoms with Gasteiger partial charge in [-0.1, -0.05) is 55.1 Å². The Balaban J connectivity index is 1.86. The van der Waals surface area contributed by atoms with Gasteiger partial charge in [-0.25, -0.2) is 0 Å². The molecular weight excluding hydrogens is 246 g/mol. The van der Waals surface area contributed by atoms with Crippen molar-refractivity contribution in [1.29, 1.82) is 0 Å². The molecule has 1 N–H and O–H groups in total. The normalized spacial score (nSPS) is 11.8. The van der Waals surface area contributed by atoms with Gasteiger partial charge in [0.2, 0.25) is 0 Å². The molecule has 0 saturated carbocycles. The van der Waals surface area contributed by atoms with Crippen LogP contribution in [0.5, 0.6) is 5.75 Å². The first-order valence-electron chi connectivity index (χ1n) is 6.90. The smallest absolute Gasteiger partial charge is 0.119 e. The summed E-state index contributed by atoms with van der Waals surface area (Å²) in [6.45, 7) is 7.20. The van der Waals surface area contributed by atoms with Gasteiger partial charge < -0.3 is 10.1 Å². The van der Waals surface area contributed by atoms with E-state index in [1.807, 2.05) is 18.2 Å². The monoisotopic (exact) mass is 267 g/mol. The van der Waals surface area contributed by atoms with Crippen LogP contribution < -0.4 is 10.1 Å². The van der Waals surface area contributed by atoms with Crippen molar-refractivity contribution in [2.24, 2.45) is 0 Å². The molecule has 0 spiro atoms. The topological polar surface area (TPSA) is 21.3 Å². The highest BCUT2D eigenvalue weighted by Gasteiger charge is 2.03. The third kappa shape index (κ3) is 4.25. The molecule has 2 rings (SSSR count). The van der Waals surface area contributed by atoms with Gasteiger partial charge in [0, 0.05) is 12.6 Å². The maximum absolute atomic E-state index is 5.47. The van der Waals surface area contributed by atoms with Crippen LogP contribution in [0.2, 0.25) is 0 Å². The van der Waals surface area contributed by atoms with E-state index in [1.54, 1.807) is 6.08 Å². The second-order valence-electron chi connectivity index (χ2n) is 4.76. The van der Waals surface area contributed by atoms with E-state index in [0.717, 1.165) is 12.3 Å². The zero-order chi connectivity index (χ0) is 14.2. The molecule has 0 bridgehead atoms. The molecule has 20 heavy (non-hydrogen) atoms. The van der Waals surface area contributed by atoms with E-state index in [9.17, 15) is 0 Å². The first-order chi connectivity index (χ1) is 9.79. The lowest BCUT2D eigenvalue weighted by Crippen LogP contribution is -2.17. The lowest BCUT2D eigenvalue weighted by Gasteiger charge is -2.14. The maximum Gasteiger partial charge on any atom is 0.119 e. The van der Waals surface area contributed by atoms with Crippen LogP contribution >= 0.6 is 0 Å². The molecule has 0 heterocycles. The average Bonchev–Trinajstić information content (AvgIpc) is 2.52. The third-order valence-electron chi connectivity index (χ3n) is 3.20. The van der Waals surface area contributed by atoms with Crippen LogP contribution in [-0.2, 0) is 6.54 Å². The maximum atomic E-state index is 5.47. The number of hydrogen-bond donors (Lipinski definition) is 1. The Kier molecular flexibility index (Phi) is 5.39. The first kappa shape index (κ1) is 14.4. The third-order valence-corrected chi connectivity index (χ3v) is 3.20. The van der Waals surface area contributed by atoms with Gasteiger partial charge in [0.25, 0.3) is 0 Å². The Hall–Kier alpha value is -2.06. The van der Waals surface area contributed by atoms with Gasteiger partial charge in [-0.2, -0.15) is 0 Å². The summed E-state index contributed by atoms with van der Waals surface area (Å²) in [5.41, 5.74) is 2.55. The molecule has 2 aromatic carbocycles. The zero-order valence-corrected chi connectivity index (χ0v) is 11.9. The Morgan fingerprint density at radius 3 is 2.45 bits per heavy atom. The predicted molar refractivity (Wildman–Crippen MR) is 83.8 cm³/mol. The Morgan fingerprint density at radius 1 is 1.10 bits per heavy atom. The number of ether oxygens (including phenoxy) is 1. The summed E-state index contributed by atoms with van der Waals surface area (Å²) in [4.78, 5) is 0. The second-order valence-corrected chi connectivity index (χ2v) is 4.76. The molecule has 0 aliphatic rings. The minimum Gasteiger partial charge on any atom is -0.490 e. The molecular formula is C18H21NO. The van der Waals surface area contributed by atoms with Gasteiger partial charge in [0.1, 0.15) is 12.4 Å². The van der Waals surface area contributed by atoms with E-state index in [0.29, 0.717) is 12.6 Å². The van der Waals surface area contributed by atoms with E-state index in [1.165, 1.54) is 11.1 Å². The highest BCUT2D eigenvalue weighted by Crippen LogP contribution is 2.15. The molecule has 2 aromatic rings. The van der Waals surface area contributed by atoms with E-state index >= 15 is 0 Å². The van der Waals surface area contributed by atoms with Gasteiger partial charge in [-0.05, 0) is 30.2 Å². The first-order valence-corrected chi connectivity index (χ1v) is 6.90. The fourth-order valence-corrected chi connectivity index (χ4v) is 1.99. The average molecular weight is 267 g/mol. The largest absolute Gasteiger partial charge is 0.490 e. The summed E-state index contributed by atoms with van der Waals surface area (Å²) in [5.74, 6) is 0.879. The fraction of sp³-hybridized carbons (Fsp3) is 0.222. The minimum absolute atomic E-state index is 0.341. The molecule has 104 valence electrons. The minimum atomic E-state index is 0.341. The van der Waals surface area contributed by atoms with Crippen LogP contribution in [0.25, 0.3) is 0 Å². The van der Waals surface area contributed by atoms with Crippen molar-refractivity contribution in [1.82, 2.24) is 5.32 Å². The number of hydrogen-bond acceptors (Lipinski definition) is 2. The predicted octanol–water partition coefficient (Wildman–Crippen LogP) is 4.10. The number of nitrogens with one attached hydrogen (secondary N) is 1. The molecule has 0 unspecified atom stereocenters. The van der Waals surface area contributed by atoms with Crippen LogP contribution in [0.1, 0.15) is 24.1 Å². The molecule has 0 saturated heterocycles. The Bertz CT molecular complexity index is 519. The van der Waals surface area contributed by atoms with Crippen LogP contribution in [0, 0.1) is 0 Å². The molecule has 0 aliphatic carbocycles. The highest BCUT2D eigenvalue weighted by atomic mass is 16.5. The van der Waals surface area contributed by atoms with E-state index in [-0.39, 0.29) is 0 Å². The van der Waals surface area contributed by atoms with Gasteiger partial charge in [0.05, 0.1) is 0 Å². The number of rotatable bonds is 7. The SMILES string of the molecule is C=CCOc1ccc(CN[C@H](C)c2ccccc2)cc1. The summed E-state index contributed by atoms with van der Waals surface area (Å²) >= 11 is 0. The zero-order valence-electron chi connectivity index (χ0n) is 11.9. The molecule has 0 fully saturated rings. The van der Waals surface area contributed by atoms with Crippen molar-refractivity contribution in [3.05, 3.63) is 78.4 Å². The van der Waals surface area contributed by atoms with Crippen LogP contribution in [0.3, 0.4) is 0 Å². The number of benzene rings is 2. The van der Waals surface area contributed by atoms with Crippen molar-refractivity contribution in [3.8, 4) is 5.75 Å². The van der Waals surface area contributed by atoms with Crippen molar-refractivity contribution in [2.45, 2.75) is 19.5 Å². The molecule has 0 radical (unpaired) electrons. The van der Waals surface area contributed by atoms with Crippen molar-refractivity contribution >= 4 is 0 Å². The van der Waals surface area contributed by atoms with Crippen LogP contribution in [-0.4, -0.2) is 6.61 Å². The molecule has 0 amide bonds. The van der Waals surface area contributed by atoms with Crippen molar-refractivity contribution in [3.63, 3.8) is 0 Å². The summed E-state index contributed by atoms with van der Waals surface area (Å²) in [6, 6.07) is 19.0. The van der Waals surface area contributed by atoms with Crippen molar-refractivity contribution < 1.29 is 4.74 Å². The van der Waals surface area contributed by atoms with Crippen LogP contribution in [0.4, 0.5) is 0 Å². The quantitative estimate of drug-likeness (QED) is 0.762. The fourth-order valence-electron chi connectivity index (χ4n) is 1.99. The second kappa shape index (κ2) is 7.51. The Labute approximate surface area is 121 Å². The van der Waals surface area contributed by atoms with E-state index in [4.69, 9.17) is 4.74 Å². The highest BCUT2D eigenvalue weighted by molar-refractivity contribution is 5.27. The molecule has 1 atom stereocenters. The Morgan fingerprint density at radius 2 is 1.80 bits per heavy atom. The molecule has 0 aromatic heterocycles. The van der Waals surface area contributed by atoms with Gasteiger partial charge in [0.15, 0.2) is 0 Å². The summed E-state index contributed by atoms with van der Waals surface area (Å²) in [7, 11) is 0. The standard InChI is InChI=1S/C18H21NO/c1-3-13-20-18-11-9-16(10-12-18)14-19-15(2)17-7-5-4-6-8-17/h3-12,15,19H,1,13-14H2,2H3/t15-/m1/s1. The van der Waals surface area contributed by atoms with Crippen molar-refractivity contribution in [2.75, 3.05) is 6.61 Å². The van der Waals surface area contributed by atoms with Crippen LogP contribution in [0.15, 0.2) is 67.3 Å². The summed E-state index contributed by atoms with van der Waals surface area (Å²) in [6.07, 6.45) is 1.75. The van der Waals surface area contributed by atoms with Gasteiger partial charge >= 0.3 is 0 Å². The van der Waals surface area contributed by atoms with Gasteiger partial charge in [-0.3, -0.25) is 0 Å². The van der Waals surface area contributed by atoms with E-state index in [2.05, 4.69) is 55.2 Å². The molecule has 2 heteroatoms. The summed E-state index contributed by atoms with van der Waals surface area (Å²) in [5, 5.41) is 3.52. The van der Waals surface area contributed by atoms with Gasteiger partial charge in [-0.15, -0.1) is 0 Å².